The molecule has 1 aliphatic rings. The fourth-order valence-corrected chi connectivity index (χ4v) is 3.36. The molecule has 9 nitrogen and oxygen atoms in total. The molecule has 0 unspecified atom stereocenters. The molecule has 32 heavy (non-hydrogen) atoms. The fourth-order valence-electron chi connectivity index (χ4n) is 3.36. The van der Waals surface area contributed by atoms with E-state index < -0.39 is 11.8 Å². The highest BCUT2D eigenvalue weighted by molar-refractivity contribution is 6.22. The highest BCUT2D eigenvalue weighted by Crippen LogP contribution is 2.26. The predicted molar refractivity (Wildman–Crippen MR) is 116 cm³/mol. The number of imide groups is 1. The van der Waals surface area contributed by atoms with E-state index in [0.29, 0.717) is 22.6 Å². The van der Waals surface area contributed by atoms with Gasteiger partial charge < -0.3 is 20.1 Å². The van der Waals surface area contributed by atoms with Crippen molar-refractivity contribution < 1.29 is 28.7 Å². The first kappa shape index (κ1) is 22.8. The smallest absolute Gasteiger partial charge is 0.261 e. The van der Waals surface area contributed by atoms with Crippen LogP contribution in [0.2, 0.25) is 0 Å². The molecule has 0 aliphatic carbocycles. The fraction of sp³-hybridized carbons (Fsp3) is 0.304. The molecule has 0 atom stereocenters. The minimum absolute atomic E-state index is 0.174. The molecule has 0 radical (unpaired) electrons. The number of fused-ring (bicyclic) bond motifs is 1. The average molecular weight is 439 g/mol. The molecular weight excluding hydrogens is 414 g/mol. The van der Waals surface area contributed by atoms with E-state index in [1.165, 1.54) is 37.3 Å². The zero-order chi connectivity index (χ0) is 23.4. The molecule has 0 aromatic heterocycles. The van der Waals surface area contributed by atoms with Gasteiger partial charge in [0.1, 0.15) is 11.5 Å². The van der Waals surface area contributed by atoms with Crippen molar-refractivity contribution in [1.29, 1.82) is 0 Å². The Morgan fingerprint density at radius 3 is 1.88 bits per heavy atom. The number of methoxy groups -OCH3 is 2. The highest BCUT2D eigenvalue weighted by Gasteiger charge is 2.37. The van der Waals surface area contributed by atoms with Crippen LogP contribution in [0.5, 0.6) is 11.5 Å². The lowest BCUT2D eigenvalue weighted by Gasteiger charge is -2.17. The second-order valence-corrected chi connectivity index (χ2v) is 7.45. The van der Waals surface area contributed by atoms with Crippen molar-refractivity contribution >= 4 is 23.6 Å². The molecule has 2 N–H and O–H groups in total. The average Bonchev–Trinajstić information content (AvgIpc) is 3.05. The first-order chi connectivity index (χ1) is 15.3. The second kappa shape index (κ2) is 9.51. The molecule has 2 aromatic carbocycles. The Labute approximate surface area is 185 Å². The molecule has 0 saturated carbocycles. The number of benzene rings is 2. The Kier molecular flexibility index (Phi) is 6.77. The molecule has 3 rings (SSSR count). The first-order valence-corrected chi connectivity index (χ1v) is 10.1. The van der Waals surface area contributed by atoms with Crippen LogP contribution in [0, 0.1) is 0 Å². The highest BCUT2D eigenvalue weighted by atomic mass is 16.5. The molecule has 168 valence electrons. The van der Waals surface area contributed by atoms with Crippen LogP contribution in [0.4, 0.5) is 0 Å². The summed E-state index contributed by atoms with van der Waals surface area (Å²) in [5.41, 5.74) is 1.14. The lowest BCUT2D eigenvalue weighted by molar-refractivity contribution is 0.0608. The maximum absolute atomic E-state index is 12.5. The number of ether oxygens (including phenoxy) is 2. The monoisotopic (exact) mass is 439 g/mol. The topological polar surface area (TPSA) is 114 Å². The van der Waals surface area contributed by atoms with Gasteiger partial charge in [0, 0.05) is 36.3 Å². The van der Waals surface area contributed by atoms with E-state index in [4.69, 9.17) is 9.47 Å². The van der Waals surface area contributed by atoms with Gasteiger partial charge in [-0.25, -0.2) is 0 Å². The number of carbonyl (C=O) groups excluding carboxylic acids is 4. The standard InChI is InChI=1S/C23H25N3O6/c1-13(2)26-22(29)18-6-5-14(11-19(18)23(26)30)20(27)24-7-8-25-21(28)15-9-16(31-3)12-17(10-15)32-4/h5-6,9-13H,7-8H2,1-4H3,(H,24,27)(H,25,28). The van der Waals surface area contributed by atoms with Crippen LogP contribution >= 0.6 is 0 Å². The summed E-state index contributed by atoms with van der Waals surface area (Å²) in [5.74, 6) is -0.536. The molecule has 1 aliphatic heterocycles. The van der Waals surface area contributed by atoms with Crippen molar-refractivity contribution in [3.63, 3.8) is 0 Å². The van der Waals surface area contributed by atoms with E-state index in [-0.39, 0.29) is 42.1 Å². The third-order valence-electron chi connectivity index (χ3n) is 5.01. The van der Waals surface area contributed by atoms with Crippen LogP contribution in [-0.2, 0) is 0 Å². The summed E-state index contributed by atoms with van der Waals surface area (Å²) in [7, 11) is 2.99. The number of nitrogens with zero attached hydrogens (tertiary/aromatic N) is 1. The van der Waals surface area contributed by atoms with E-state index in [9.17, 15) is 19.2 Å². The number of rotatable bonds is 8. The van der Waals surface area contributed by atoms with Crippen molar-refractivity contribution in [2.75, 3.05) is 27.3 Å². The lowest BCUT2D eigenvalue weighted by Crippen LogP contribution is -2.36. The van der Waals surface area contributed by atoms with Crippen LogP contribution in [0.25, 0.3) is 0 Å². The lowest BCUT2D eigenvalue weighted by atomic mass is 10.1. The zero-order valence-corrected chi connectivity index (χ0v) is 18.4. The van der Waals surface area contributed by atoms with E-state index in [1.807, 2.05) is 0 Å². The summed E-state index contributed by atoms with van der Waals surface area (Å²) in [4.78, 5) is 50.9. The SMILES string of the molecule is COc1cc(OC)cc(C(=O)NCCNC(=O)c2ccc3c(c2)C(=O)N(C(C)C)C3=O)c1. The van der Waals surface area contributed by atoms with Gasteiger partial charge in [0.2, 0.25) is 0 Å². The van der Waals surface area contributed by atoms with E-state index in [0.717, 1.165) is 0 Å². The number of hydrogen-bond donors (Lipinski definition) is 2. The van der Waals surface area contributed by atoms with Gasteiger partial charge in [0.05, 0.1) is 25.3 Å². The maximum atomic E-state index is 12.5. The summed E-state index contributed by atoms with van der Waals surface area (Å²) >= 11 is 0. The number of carbonyl (C=O) groups is 4. The van der Waals surface area contributed by atoms with Gasteiger partial charge in [-0.15, -0.1) is 0 Å². The van der Waals surface area contributed by atoms with Gasteiger partial charge in [-0.2, -0.15) is 0 Å². The third kappa shape index (κ3) is 4.56. The van der Waals surface area contributed by atoms with Crippen LogP contribution in [0.15, 0.2) is 36.4 Å². The van der Waals surface area contributed by atoms with Crippen LogP contribution in [0.3, 0.4) is 0 Å². The Balaban J connectivity index is 1.57. The second-order valence-electron chi connectivity index (χ2n) is 7.45. The summed E-state index contributed by atoms with van der Waals surface area (Å²) in [6.45, 7) is 3.87. The van der Waals surface area contributed by atoms with E-state index in [1.54, 1.807) is 32.0 Å². The van der Waals surface area contributed by atoms with Gasteiger partial charge in [-0.3, -0.25) is 24.1 Å². The molecule has 0 spiro atoms. The Hall–Kier alpha value is -3.88. The Morgan fingerprint density at radius 1 is 0.812 bits per heavy atom. The number of hydrogen-bond acceptors (Lipinski definition) is 6. The van der Waals surface area contributed by atoms with Crippen LogP contribution in [-0.4, -0.2) is 61.9 Å². The summed E-state index contributed by atoms with van der Waals surface area (Å²) < 4.78 is 10.3. The van der Waals surface area contributed by atoms with E-state index >= 15 is 0 Å². The molecule has 1 heterocycles. The van der Waals surface area contributed by atoms with Crippen LogP contribution < -0.4 is 20.1 Å². The molecule has 9 heteroatoms. The molecular formula is C23H25N3O6. The third-order valence-corrected chi connectivity index (χ3v) is 5.01. The summed E-state index contributed by atoms with van der Waals surface area (Å²) in [6, 6.07) is 8.97. The Morgan fingerprint density at radius 2 is 1.34 bits per heavy atom. The minimum Gasteiger partial charge on any atom is -0.497 e. The predicted octanol–water partition coefficient (Wildman–Crippen LogP) is 1.87. The Bertz CT molecular complexity index is 1060. The van der Waals surface area contributed by atoms with Gasteiger partial charge in [-0.1, -0.05) is 0 Å². The summed E-state index contributed by atoms with van der Waals surface area (Å²) in [6.07, 6.45) is 0. The van der Waals surface area contributed by atoms with Crippen molar-refractivity contribution in [2.24, 2.45) is 0 Å². The van der Waals surface area contributed by atoms with Crippen LogP contribution in [0.1, 0.15) is 55.3 Å². The van der Waals surface area contributed by atoms with Gasteiger partial charge >= 0.3 is 0 Å². The van der Waals surface area contributed by atoms with Gasteiger partial charge in [0.15, 0.2) is 0 Å². The van der Waals surface area contributed by atoms with Crippen molar-refractivity contribution in [3.05, 3.63) is 58.7 Å². The normalized spacial score (nSPS) is 12.6. The largest absolute Gasteiger partial charge is 0.497 e. The van der Waals surface area contributed by atoms with E-state index in [2.05, 4.69) is 10.6 Å². The van der Waals surface area contributed by atoms with Crippen molar-refractivity contribution in [1.82, 2.24) is 15.5 Å². The van der Waals surface area contributed by atoms with Crippen molar-refractivity contribution in [2.45, 2.75) is 19.9 Å². The van der Waals surface area contributed by atoms with Gasteiger partial charge in [0.25, 0.3) is 23.6 Å². The van der Waals surface area contributed by atoms with Gasteiger partial charge in [-0.05, 0) is 44.2 Å². The zero-order valence-electron chi connectivity index (χ0n) is 18.4. The first-order valence-electron chi connectivity index (χ1n) is 10.1. The number of amides is 4. The molecule has 0 saturated heterocycles. The molecule has 4 amide bonds. The summed E-state index contributed by atoms with van der Waals surface area (Å²) in [5, 5.41) is 5.40. The maximum Gasteiger partial charge on any atom is 0.261 e. The minimum atomic E-state index is -0.409. The quantitative estimate of drug-likeness (QED) is 0.480. The number of nitrogens with one attached hydrogen (secondary N) is 2. The molecule has 0 fully saturated rings. The van der Waals surface area contributed by atoms with Crippen molar-refractivity contribution in [3.8, 4) is 11.5 Å². The molecule has 2 aromatic rings. The molecule has 0 bridgehead atoms.